The van der Waals surface area contributed by atoms with Crippen LogP contribution in [-0.4, -0.2) is 34.1 Å². The Bertz CT molecular complexity index is 1300. The SMILES string of the molecule is CCc1cccc(O[C@]2(NCc3ccc(Cl)cc3)Nc3c2c(=O)n(CCOCCO)c(=O)n3C)c1. The second-order valence-electron chi connectivity index (χ2n) is 8.25. The maximum Gasteiger partial charge on any atom is 0.332 e. The van der Waals surface area contributed by atoms with Crippen LogP contribution in [0.25, 0.3) is 0 Å². The molecule has 1 aliphatic heterocycles. The summed E-state index contributed by atoms with van der Waals surface area (Å²) in [6.45, 7) is 2.59. The minimum Gasteiger partial charge on any atom is -0.450 e. The number of anilines is 1. The summed E-state index contributed by atoms with van der Waals surface area (Å²) in [5, 5.41) is 16.1. The normalized spacial score (nSPS) is 16.3. The highest BCUT2D eigenvalue weighted by atomic mass is 35.5. The topological polar surface area (TPSA) is 107 Å². The molecule has 0 saturated heterocycles. The van der Waals surface area contributed by atoms with Gasteiger partial charge in [-0.3, -0.25) is 19.2 Å². The minimum absolute atomic E-state index is 0.0529. The lowest BCUT2D eigenvalue weighted by molar-refractivity contribution is 0.0352. The number of benzene rings is 2. The molecule has 10 heteroatoms. The number of halogens is 1. The van der Waals surface area contributed by atoms with Gasteiger partial charge in [0, 0.05) is 18.6 Å². The number of fused-ring (bicyclic) bond motifs is 1. The molecular weight excluding hydrogens is 472 g/mol. The number of hydrogen-bond donors (Lipinski definition) is 3. The summed E-state index contributed by atoms with van der Waals surface area (Å²) in [6, 6.07) is 15.0. The highest BCUT2D eigenvalue weighted by molar-refractivity contribution is 6.30. The number of aliphatic hydroxyl groups is 1. The molecule has 0 saturated carbocycles. The maximum absolute atomic E-state index is 13.5. The number of hydrogen-bond acceptors (Lipinski definition) is 7. The highest BCUT2D eigenvalue weighted by Crippen LogP contribution is 2.38. The predicted molar refractivity (Wildman–Crippen MR) is 134 cm³/mol. The Hall–Kier alpha value is -3.11. The van der Waals surface area contributed by atoms with Crippen LogP contribution in [0.1, 0.15) is 23.6 Å². The molecule has 0 fully saturated rings. The van der Waals surface area contributed by atoms with Crippen molar-refractivity contribution in [1.82, 2.24) is 14.5 Å². The summed E-state index contributed by atoms with van der Waals surface area (Å²) in [7, 11) is 1.60. The second-order valence-corrected chi connectivity index (χ2v) is 8.68. The molecule has 1 aromatic heterocycles. The Morgan fingerprint density at radius 3 is 2.60 bits per heavy atom. The lowest BCUT2D eigenvalue weighted by Gasteiger charge is -2.45. The molecule has 0 bridgehead atoms. The first-order valence-electron chi connectivity index (χ1n) is 11.5. The van der Waals surface area contributed by atoms with Gasteiger partial charge in [0.2, 0.25) is 0 Å². The van der Waals surface area contributed by atoms with E-state index in [0.29, 0.717) is 28.7 Å². The summed E-state index contributed by atoms with van der Waals surface area (Å²) in [4.78, 5) is 26.4. The van der Waals surface area contributed by atoms with Crippen molar-refractivity contribution in [2.75, 3.05) is 25.1 Å². The first kappa shape index (κ1) is 25.0. The summed E-state index contributed by atoms with van der Waals surface area (Å²) in [5.74, 6) is -0.377. The molecule has 186 valence electrons. The highest BCUT2D eigenvalue weighted by Gasteiger charge is 2.50. The molecule has 1 atom stereocenters. The average Bonchev–Trinajstić information content (AvgIpc) is 2.85. The third-order valence-corrected chi connectivity index (χ3v) is 6.17. The van der Waals surface area contributed by atoms with E-state index in [9.17, 15) is 9.59 Å². The Kier molecular flexibility index (Phi) is 7.61. The third kappa shape index (κ3) is 5.13. The fourth-order valence-corrected chi connectivity index (χ4v) is 4.12. The first-order valence-corrected chi connectivity index (χ1v) is 11.8. The van der Waals surface area contributed by atoms with Crippen molar-refractivity contribution in [3.8, 4) is 5.75 Å². The van der Waals surface area contributed by atoms with Crippen LogP contribution in [0.4, 0.5) is 5.82 Å². The minimum atomic E-state index is -1.35. The predicted octanol–water partition coefficient (Wildman–Crippen LogP) is 2.18. The van der Waals surface area contributed by atoms with Gasteiger partial charge in [0.25, 0.3) is 11.4 Å². The molecule has 0 unspecified atom stereocenters. The Labute approximate surface area is 207 Å². The van der Waals surface area contributed by atoms with Crippen molar-refractivity contribution >= 4 is 17.4 Å². The van der Waals surface area contributed by atoms with Crippen LogP contribution in [0, 0.1) is 0 Å². The number of nitrogens with zero attached hydrogens (tertiary/aromatic N) is 2. The number of aliphatic hydroxyl groups excluding tert-OH is 1. The van der Waals surface area contributed by atoms with E-state index in [1.54, 1.807) is 19.2 Å². The lowest BCUT2D eigenvalue weighted by Crippen LogP contribution is -2.65. The molecule has 3 aromatic rings. The molecule has 9 nitrogen and oxygen atoms in total. The lowest BCUT2D eigenvalue weighted by atomic mass is 10.0. The van der Waals surface area contributed by atoms with Gasteiger partial charge in [0.05, 0.1) is 26.4 Å². The molecule has 3 N–H and O–H groups in total. The molecular formula is C25H29ClN4O5. The van der Waals surface area contributed by atoms with Crippen molar-refractivity contribution in [3.05, 3.63) is 91.1 Å². The first-order chi connectivity index (χ1) is 16.9. The Morgan fingerprint density at radius 1 is 1.11 bits per heavy atom. The van der Waals surface area contributed by atoms with Crippen LogP contribution < -0.4 is 26.6 Å². The quantitative estimate of drug-likeness (QED) is 0.273. The largest absolute Gasteiger partial charge is 0.450 e. The van der Waals surface area contributed by atoms with Gasteiger partial charge in [0.1, 0.15) is 17.1 Å². The molecule has 4 rings (SSSR count). The smallest absolute Gasteiger partial charge is 0.332 e. The summed E-state index contributed by atoms with van der Waals surface area (Å²) >= 11 is 6.02. The van der Waals surface area contributed by atoms with Gasteiger partial charge in [-0.2, -0.15) is 0 Å². The maximum atomic E-state index is 13.5. The van der Waals surface area contributed by atoms with Crippen LogP contribution in [-0.2, 0) is 37.1 Å². The van der Waals surface area contributed by atoms with Crippen LogP contribution in [0.3, 0.4) is 0 Å². The molecule has 2 aromatic carbocycles. The molecule has 0 radical (unpaired) electrons. The van der Waals surface area contributed by atoms with Gasteiger partial charge >= 0.3 is 5.69 Å². The van der Waals surface area contributed by atoms with E-state index in [2.05, 4.69) is 17.6 Å². The zero-order valence-electron chi connectivity index (χ0n) is 19.7. The fraction of sp³-hybridized carbons (Fsp3) is 0.360. The van der Waals surface area contributed by atoms with Gasteiger partial charge in [-0.1, -0.05) is 42.8 Å². The van der Waals surface area contributed by atoms with Crippen molar-refractivity contribution < 1.29 is 14.6 Å². The van der Waals surface area contributed by atoms with E-state index >= 15 is 0 Å². The molecule has 1 aliphatic rings. The van der Waals surface area contributed by atoms with Crippen molar-refractivity contribution in [1.29, 1.82) is 0 Å². The number of rotatable bonds is 11. The van der Waals surface area contributed by atoms with Crippen LogP contribution in [0.15, 0.2) is 58.1 Å². The zero-order chi connectivity index (χ0) is 25.0. The van der Waals surface area contributed by atoms with E-state index in [-0.39, 0.29) is 26.4 Å². The van der Waals surface area contributed by atoms with E-state index < -0.39 is 17.1 Å². The number of nitrogens with one attached hydrogen (secondary N) is 2. The van der Waals surface area contributed by atoms with Gasteiger partial charge < -0.3 is 19.9 Å². The molecule has 35 heavy (non-hydrogen) atoms. The summed E-state index contributed by atoms with van der Waals surface area (Å²) in [6.07, 6.45) is 0.835. The molecule has 0 amide bonds. The van der Waals surface area contributed by atoms with Crippen molar-refractivity contribution in [3.63, 3.8) is 0 Å². The number of ether oxygens (including phenoxy) is 2. The average molecular weight is 501 g/mol. The molecule has 0 aliphatic carbocycles. The summed E-state index contributed by atoms with van der Waals surface area (Å²) in [5.41, 5.74) is 1.40. The van der Waals surface area contributed by atoms with Gasteiger partial charge in [-0.25, -0.2) is 4.79 Å². The van der Waals surface area contributed by atoms with Crippen LogP contribution in [0.2, 0.25) is 5.02 Å². The molecule has 2 heterocycles. The Morgan fingerprint density at radius 2 is 1.89 bits per heavy atom. The van der Waals surface area contributed by atoms with E-state index in [1.165, 1.54) is 4.57 Å². The second kappa shape index (κ2) is 10.7. The van der Waals surface area contributed by atoms with Gasteiger partial charge in [-0.15, -0.1) is 0 Å². The fourth-order valence-electron chi connectivity index (χ4n) is 4.00. The zero-order valence-corrected chi connectivity index (χ0v) is 20.5. The van der Waals surface area contributed by atoms with E-state index in [0.717, 1.165) is 22.1 Å². The number of aryl methyl sites for hydroxylation is 1. The Balaban J connectivity index is 1.72. The van der Waals surface area contributed by atoms with Crippen LogP contribution >= 0.6 is 11.6 Å². The van der Waals surface area contributed by atoms with Gasteiger partial charge in [0.15, 0.2) is 0 Å². The van der Waals surface area contributed by atoms with Crippen LogP contribution in [0.5, 0.6) is 5.75 Å². The molecule has 0 spiro atoms. The van der Waals surface area contributed by atoms with Gasteiger partial charge in [-0.05, 0) is 41.8 Å². The summed E-state index contributed by atoms with van der Waals surface area (Å²) < 4.78 is 14.2. The van der Waals surface area contributed by atoms with Crippen molar-refractivity contribution in [2.45, 2.75) is 32.3 Å². The van der Waals surface area contributed by atoms with Crippen molar-refractivity contribution in [2.24, 2.45) is 7.05 Å². The monoisotopic (exact) mass is 500 g/mol. The number of aromatic nitrogens is 2. The van der Waals surface area contributed by atoms with E-state index in [1.807, 2.05) is 36.4 Å². The standard InChI is InChI=1S/C25H29ClN4O5/c1-3-17-5-4-6-20(15-17)35-25(27-16-18-7-9-19(26)10-8-18)21-22(28-25)29(2)24(33)30(23(21)32)11-13-34-14-12-31/h4-10,15,27-28,31H,3,11-14,16H2,1-2H3/t25-/m1/s1. The van der Waals surface area contributed by atoms with E-state index in [4.69, 9.17) is 26.2 Å². The third-order valence-electron chi connectivity index (χ3n) is 5.92.